The van der Waals surface area contributed by atoms with Gasteiger partial charge < -0.3 is 4.79 Å². The fourth-order valence-electron chi connectivity index (χ4n) is 1.20. The van der Waals surface area contributed by atoms with E-state index in [0.717, 1.165) is 19.4 Å². The Bertz CT molecular complexity index is 139. The Morgan fingerprint density at radius 3 is 2.64 bits per heavy atom. The lowest BCUT2D eigenvalue weighted by molar-refractivity contribution is -0.106. The molecule has 0 saturated carbocycles. The van der Waals surface area contributed by atoms with Gasteiger partial charge in [0.2, 0.25) is 0 Å². The van der Waals surface area contributed by atoms with Crippen LogP contribution in [0.3, 0.4) is 0 Å². The summed E-state index contributed by atoms with van der Waals surface area (Å²) >= 11 is 0. The fraction of sp³-hybridized carbons (Fsp3) is 0.750. The third kappa shape index (κ3) is 3.16. The van der Waals surface area contributed by atoms with Gasteiger partial charge in [0.15, 0.2) is 0 Å². The van der Waals surface area contributed by atoms with Crippen molar-refractivity contribution in [3.05, 3.63) is 0 Å². The van der Waals surface area contributed by atoms with Crippen LogP contribution in [0.1, 0.15) is 25.7 Å². The van der Waals surface area contributed by atoms with Crippen molar-refractivity contribution >= 4 is 12.5 Å². The fourth-order valence-corrected chi connectivity index (χ4v) is 1.20. The van der Waals surface area contributed by atoms with Crippen LogP contribution in [-0.2, 0) is 4.79 Å². The first-order chi connectivity index (χ1) is 5.43. The lowest BCUT2D eigenvalue weighted by Gasteiger charge is -2.22. The van der Waals surface area contributed by atoms with Gasteiger partial charge in [-0.3, -0.25) is 5.01 Å². The molecule has 0 aliphatic carbocycles. The molecule has 0 unspecified atom stereocenters. The quantitative estimate of drug-likeness (QED) is 0.449. The highest BCUT2D eigenvalue weighted by molar-refractivity contribution is 5.75. The molecule has 1 aliphatic heterocycles. The number of carbonyl (C=O) groups is 1. The smallest absolute Gasteiger partial charge is 0.125 e. The van der Waals surface area contributed by atoms with E-state index >= 15 is 0 Å². The number of aldehydes is 1. The second kappa shape index (κ2) is 4.88. The summed E-state index contributed by atoms with van der Waals surface area (Å²) in [5.41, 5.74) is 0. The molecular formula is C8H14N2O. The molecule has 0 atom stereocenters. The maximum atomic E-state index is 9.94. The van der Waals surface area contributed by atoms with E-state index in [0.29, 0.717) is 6.42 Å². The van der Waals surface area contributed by atoms with E-state index in [2.05, 4.69) is 5.10 Å². The molecule has 1 heterocycles. The SMILES string of the molecule is O=CCC=NN1CCCCC1. The van der Waals surface area contributed by atoms with E-state index in [4.69, 9.17) is 0 Å². The average molecular weight is 154 g/mol. The van der Waals surface area contributed by atoms with Gasteiger partial charge in [0.25, 0.3) is 0 Å². The highest BCUT2D eigenvalue weighted by Crippen LogP contribution is 2.07. The van der Waals surface area contributed by atoms with Gasteiger partial charge in [-0.2, -0.15) is 5.10 Å². The summed E-state index contributed by atoms with van der Waals surface area (Å²) < 4.78 is 0. The molecule has 1 fully saturated rings. The molecule has 1 saturated heterocycles. The molecule has 0 bridgehead atoms. The summed E-state index contributed by atoms with van der Waals surface area (Å²) in [7, 11) is 0. The van der Waals surface area contributed by atoms with Gasteiger partial charge in [-0.15, -0.1) is 0 Å². The molecule has 0 spiro atoms. The molecule has 0 N–H and O–H groups in total. The predicted molar refractivity (Wildman–Crippen MR) is 44.6 cm³/mol. The van der Waals surface area contributed by atoms with Gasteiger partial charge >= 0.3 is 0 Å². The molecule has 3 heteroatoms. The molecule has 0 radical (unpaired) electrons. The maximum Gasteiger partial charge on any atom is 0.125 e. The van der Waals surface area contributed by atoms with E-state index in [1.165, 1.54) is 19.3 Å². The van der Waals surface area contributed by atoms with Crippen molar-refractivity contribution in [2.75, 3.05) is 13.1 Å². The number of hydrogen-bond donors (Lipinski definition) is 0. The Balaban J connectivity index is 2.18. The first kappa shape index (κ1) is 8.24. The van der Waals surface area contributed by atoms with Gasteiger partial charge in [-0.1, -0.05) is 0 Å². The van der Waals surface area contributed by atoms with Crippen molar-refractivity contribution in [2.45, 2.75) is 25.7 Å². The Kier molecular flexibility index (Phi) is 3.65. The zero-order valence-electron chi connectivity index (χ0n) is 6.70. The summed E-state index contributed by atoms with van der Waals surface area (Å²) in [5.74, 6) is 0. The third-order valence-corrected chi connectivity index (χ3v) is 1.78. The number of piperidine rings is 1. The highest BCUT2D eigenvalue weighted by Gasteiger charge is 2.05. The average Bonchev–Trinajstić information content (AvgIpc) is 2.07. The number of nitrogens with zero attached hydrogens (tertiary/aromatic N) is 2. The van der Waals surface area contributed by atoms with Crippen LogP contribution in [0.25, 0.3) is 0 Å². The first-order valence-corrected chi connectivity index (χ1v) is 4.14. The summed E-state index contributed by atoms with van der Waals surface area (Å²) in [6, 6.07) is 0. The van der Waals surface area contributed by atoms with Crippen LogP contribution < -0.4 is 0 Å². The third-order valence-electron chi connectivity index (χ3n) is 1.78. The van der Waals surface area contributed by atoms with Gasteiger partial charge in [0.05, 0.1) is 0 Å². The minimum absolute atomic E-state index is 0.441. The van der Waals surface area contributed by atoms with Crippen molar-refractivity contribution < 1.29 is 4.79 Å². The van der Waals surface area contributed by atoms with E-state index in [1.807, 2.05) is 5.01 Å². The van der Waals surface area contributed by atoms with Gasteiger partial charge in [-0.05, 0) is 19.3 Å². The number of hydrogen-bond acceptors (Lipinski definition) is 3. The topological polar surface area (TPSA) is 32.7 Å². The monoisotopic (exact) mass is 154 g/mol. The molecule has 0 amide bonds. The molecule has 0 aromatic heterocycles. The Morgan fingerprint density at radius 1 is 1.27 bits per heavy atom. The molecule has 3 nitrogen and oxygen atoms in total. The second-order valence-electron chi connectivity index (χ2n) is 2.71. The van der Waals surface area contributed by atoms with Gasteiger partial charge in [0, 0.05) is 25.7 Å². The molecule has 1 rings (SSSR count). The minimum atomic E-state index is 0.441. The number of hydrazone groups is 1. The first-order valence-electron chi connectivity index (χ1n) is 4.14. The van der Waals surface area contributed by atoms with E-state index in [-0.39, 0.29) is 0 Å². The van der Waals surface area contributed by atoms with Crippen LogP contribution in [-0.4, -0.2) is 30.6 Å². The lowest BCUT2D eigenvalue weighted by Crippen LogP contribution is -2.24. The molecule has 0 aromatic rings. The van der Waals surface area contributed by atoms with Crippen LogP contribution in [0.5, 0.6) is 0 Å². The predicted octanol–water partition coefficient (Wildman–Crippen LogP) is 1.05. The zero-order valence-corrected chi connectivity index (χ0v) is 6.70. The van der Waals surface area contributed by atoms with Crippen LogP contribution in [0.4, 0.5) is 0 Å². The molecule has 0 aromatic carbocycles. The summed E-state index contributed by atoms with van der Waals surface area (Å²) in [4.78, 5) is 9.94. The van der Waals surface area contributed by atoms with Crippen molar-refractivity contribution in [3.8, 4) is 0 Å². The number of carbonyl (C=O) groups excluding carboxylic acids is 1. The van der Waals surface area contributed by atoms with Crippen LogP contribution in [0.2, 0.25) is 0 Å². The highest BCUT2D eigenvalue weighted by atomic mass is 16.1. The van der Waals surface area contributed by atoms with Crippen LogP contribution in [0, 0.1) is 0 Å². The van der Waals surface area contributed by atoms with Crippen molar-refractivity contribution in [1.82, 2.24) is 5.01 Å². The normalized spacial score (nSPS) is 19.1. The standard InChI is InChI=1S/C8H14N2O/c11-8-4-5-9-10-6-2-1-3-7-10/h5,8H,1-4,6-7H2. The largest absolute Gasteiger partial charge is 0.303 e. The zero-order chi connectivity index (χ0) is 7.94. The van der Waals surface area contributed by atoms with Crippen LogP contribution in [0.15, 0.2) is 5.10 Å². The molecule has 1 aliphatic rings. The molecule has 62 valence electrons. The summed E-state index contributed by atoms with van der Waals surface area (Å²) in [6.07, 6.45) is 6.78. The van der Waals surface area contributed by atoms with E-state index in [9.17, 15) is 4.79 Å². The van der Waals surface area contributed by atoms with E-state index < -0.39 is 0 Å². The number of rotatable bonds is 3. The molecule has 11 heavy (non-hydrogen) atoms. The maximum absolute atomic E-state index is 9.94. The van der Waals surface area contributed by atoms with Crippen molar-refractivity contribution in [1.29, 1.82) is 0 Å². The second-order valence-corrected chi connectivity index (χ2v) is 2.71. The van der Waals surface area contributed by atoms with Crippen molar-refractivity contribution in [3.63, 3.8) is 0 Å². The van der Waals surface area contributed by atoms with Crippen molar-refractivity contribution in [2.24, 2.45) is 5.10 Å². The summed E-state index contributed by atoms with van der Waals surface area (Å²) in [6.45, 7) is 2.10. The van der Waals surface area contributed by atoms with E-state index in [1.54, 1.807) is 6.21 Å². The summed E-state index contributed by atoms with van der Waals surface area (Å²) in [5, 5.41) is 6.18. The van der Waals surface area contributed by atoms with Gasteiger partial charge in [-0.25, -0.2) is 0 Å². The Hall–Kier alpha value is -0.860. The Morgan fingerprint density at radius 2 is 2.00 bits per heavy atom. The Labute approximate surface area is 67.1 Å². The lowest BCUT2D eigenvalue weighted by atomic mass is 10.2. The molecular weight excluding hydrogens is 140 g/mol. The minimum Gasteiger partial charge on any atom is -0.303 e. The van der Waals surface area contributed by atoms with Gasteiger partial charge in [0.1, 0.15) is 6.29 Å². The van der Waals surface area contributed by atoms with Crippen LogP contribution >= 0.6 is 0 Å².